The van der Waals surface area contributed by atoms with Crippen molar-refractivity contribution in [2.45, 2.75) is 0 Å². The van der Waals surface area contributed by atoms with E-state index >= 15 is 0 Å². The van der Waals surface area contributed by atoms with Gasteiger partial charge in [-0.25, -0.2) is 4.98 Å². The number of aryl methyl sites for hydroxylation is 1. The number of anilines is 1. The third-order valence-electron chi connectivity index (χ3n) is 2.91. The monoisotopic (exact) mass is 258 g/mol. The normalized spacial score (nSPS) is 11.0. The summed E-state index contributed by atoms with van der Waals surface area (Å²) in [6.07, 6.45) is 3.48. The van der Waals surface area contributed by atoms with Crippen molar-refractivity contribution in [3.63, 3.8) is 0 Å². The van der Waals surface area contributed by atoms with Gasteiger partial charge in [-0.2, -0.15) is 0 Å². The summed E-state index contributed by atoms with van der Waals surface area (Å²) in [5.41, 5.74) is 9.15. The highest BCUT2D eigenvalue weighted by molar-refractivity contribution is 6.33. The van der Waals surface area contributed by atoms with Crippen LogP contribution in [0.25, 0.3) is 22.4 Å². The van der Waals surface area contributed by atoms with Crippen LogP contribution in [0, 0.1) is 0 Å². The molecule has 0 unspecified atom stereocenters. The third-order valence-corrected chi connectivity index (χ3v) is 3.24. The number of halogens is 1. The van der Waals surface area contributed by atoms with Gasteiger partial charge in [0, 0.05) is 24.5 Å². The summed E-state index contributed by atoms with van der Waals surface area (Å²) in [5.74, 6) is 0.787. The SMILES string of the molecule is Cn1c(-c2cc(N)ccc2Cl)nc2cnccc21. The lowest BCUT2D eigenvalue weighted by molar-refractivity contribution is 0.959. The molecule has 0 aliphatic rings. The Morgan fingerprint density at radius 3 is 2.89 bits per heavy atom. The van der Waals surface area contributed by atoms with Crippen LogP contribution in [0.1, 0.15) is 0 Å². The molecule has 0 aliphatic heterocycles. The van der Waals surface area contributed by atoms with Crippen LogP contribution in [0.15, 0.2) is 36.7 Å². The molecule has 4 nitrogen and oxygen atoms in total. The van der Waals surface area contributed by atoms with Gasteiger partial charge in [-0.3, -0.25) is 4.98 Å². The zero-order valence-corrected chi connectivity index (χ0v) is 10.5. The Labute approximate surface area is 109 Å². The predicted octanol–water partition coefficient (Wildman–Crippen LogP) is 2.87. The lowest BCUT2D eigenvalue weighted by atomic mass is 10.2. The minimum absolute atomic E-state index is 0.635. The first kappa shape index (κ1) is 11.0. The average Bonchev–Trinajstić information content (AvgIpc) is 2.71. The van der Waals surface area contributed by atoms with E-state index in [4.69, 9.17) is 17.3 Å². The summed E-state index contributed by atoms with van der Waals surface area (Å²) in [6, 6.07) is 7.31. The van der Waals surface area contributed by atoms with Crippen LogP contribution in [0.5, 0.6) is 0 Å². The van der Waals surface area contributed by atoms with E-state index in [2.05, 4.69) is 9.97 Å². The fourth-order valence-electron chi connectivity index (χ4n) is 2.01. The number of benzene rings is 1. The molecular formula is C13H11ClN4. The molecule has 3 rings (SSSR count). The Hall–Kier alpha value is -2.07. The molecule has 2 aromatic heterocycles. The molecule has 2 N–H and O–H groups in total. The van der Waals surface area contributed by atoms with Crippen molar-refractivity contribution < 1.29 is 0 Å². The van der Waals surface area contributed by atoms with Crippen LogP contribution in [0.2, 0.25) is 5.02 Å². The molecule has 5 heteroatoms. The molecule has 0 amide bonds. The molecule has 0 spiro atoms. The van der Waals surface area contributed by atoms with Crippen molar-refractivity contribution in [3.05, 3.63) is 41.7 Å². The number of aromatic nitrogens is 3. The van der Waals surface area contributed by atoms with E-state index in [0.717, 1.165) is 22.4 Å². The van der Waals surface area contributed by atoms with E-state index in [1.54, 1.807) is 24.5 Å². The Kier molecular flexibility index (Phi) is 2.45. The molecule has 0 saturated heterocycles. The zero-order chi connectivity index (χ0) is 12.7. The second-order valence-corrected chi connectivity index (χ2v) is 4.51. The lowest BCUT2D eigenvalue weighted by Crippen LogP contribution is -1.94. The van der Waals surface area contributed by atoms with Crippen molar-refractivity contribution >= 4 is 28.3 Å². The van der Waals surface area contributed by atoms with Crippen LogP contribution in [-0.2, 0) is 7.05 Å². The highest BCUT2D eigenvalue weighted by atomic mass is 35.5. The van der Waals surface area contributed by atoms with Crippen molar-refractivity contribution in [1.82, 2.24) is 14.5 Å². The Balaban J connectivity index is 2.31. The number of pyridine rings is 1. The van der Waals surface area contributed by atoms with Crippen LogP contribution < -0.4 is 5.73 Å². The molecule has 2 heterocycles. The number of rotatable bonds is 1. The Morgan fingerprint density at radius 1 is 1.28 bits per heavy atom. The summed E-state index contributed by atoms with van der Waals surface area (Å²) >= 11 is 6.21. The maximum Gasteiger partial charge on any atom is 0.142 e. The predicted molar refractivity (Wildman–Crippen MR) is 73.4 cm³/mol. The summed E-state index contributed by atoms with van der Waals surface area (Å²) in [7, 11) is 1.95. The Morgan fingerprint density at radius 2 is 2.11 bits per heavy atom. The highest BCUT2D eigenvalue weighted by Crippen LogP contribution is 2.30. The molecule has 0 fully saturated rings. The maximum absolute atomic E-state index is 6.21. The second-order valence-electron chi connectivity index (χ2n) is 4.10. The summed E-state index contributed by atoms with van der Waals surface area (Å²) in [6.45, 7) is 0. The van der Waals surface area contributed by atoms with E-state index in [1.165, 1.54) is 0 Å². The largest absolute Gasteiger partial charge is 0.399 e. The first-order valence-electron chi connectivity index (χ1n) is 5.48. The van der Waals surface area contributed by atoms with Crippen LogP contribution in [-0.4, -0.2) is 14.5 Å². The van der Waals surface area contributed by atoms with E-state index in [0.29, 0.717) is 10.7 Å². The molecule has 0 aliphatic carbocycles. The van der Waals surface area contributed by atoms with Gasteiger partial charge in [0.05, 0.1) is 16.7 Å². The average molecular weight is 259 g/mol. The summed E-state index contributed by atoms with van der Waals surface area (Å²) < 4.78 is 1.98. The fourth-order valence-corrected chi connectivity index (χ4v) is 2.21. The fraction of sp³-hybridized carbons (Fsp3) is 0.0769. The van der Waals surface area contributed by atoms with Gasteiger partial charge in [0.1, 0.15) is 11.3 Å². The van der Waals surface area contributed by atoms with E-state index in [1.807, 2.05) is 23.7 Å². The number of hydrogen-bond acceptors (Lipinski definition) is 3. The second kappa shape index (κ2) is 3.99. The van der Waals surface area contributed by atoms with Gasteiger partial charge in [0.15, 0.2) is 0 Å². The highest BCUT2D eigenvalue weighted by Gasteiger charge is 2.12. The smallest absolute Gasteiger partial charge is 0.142 e. The first-order valence-corrected chi connectivity index (χ1v) is 5.86. The molecule has 0 radical (unpaired) electrons. The maximum atomic E-state index is 6.21. The minimum atomic E-state index is 0.635. The van der Waals surface area contributed by atoms with Gasteiger partial charge in [0.2, 0.25) is 0 Å². The van der Waals surface area contributed by atoms with Crippen LogP contribution in [0.3, 0.4) is 0 Å². The number of nitrogens with zero attached hydrogens (tertiary/aromatic N) is 3. The number of hydrogen-bond donors (Lipinski definition) is 1. The minimum Gasteiger partial charge on any atom is -0.399 e. The molecular weight excluding hydrogens is 248 g/mol. The zero-order valence-electron chi connectivity index (χ0n) is 9.76. The summed E-state index contributed by atoms with van der Waals surface area (Å²) in [4.78, 5) is 8.61. The third kappa shape index (κ3) is 1.62. The van der Waals surface area contributed by atoms with Crippen molar-refractivity contribution in [1.29, 1.82) is 0 Å². The quantitative estimate of drug-likeness (QED) is 0.683. The van der Waals surface area contributed by atoms with Gasteiger partial charge < -0.3 is 10.3 Å². The molecule has 18 heavy (non-hydrogen) atoms. The van der Waals surface area contributed by atoms with Crippen LogP contribution in [0.4, 0.5) is 5.69 Å². The van der Waals surface area contributed by atoms with E-state index < -0.39 is 0 Å². The van der Waals surface area contributed by atoms with Crippen molar-refractivity contribution in [3.8, 4) is 11.4 Å². The number of nitrogens with two attached hydrogens (primary N) is 1. The molecule has 1 aromatic carbocycles. The topological polar surface area (TPSA) is 56.7 Å². The van der Waals surface area contributed by atoms with Gasteiger partial charge >= 0.3 is 0 Å². The van der Waals surface area contributed by atoms with Crippen LogP contribution >= 0.6 is 11.6 Å². The Bertz CT molecular complexity index is 733. The molecule has 0 saturated carbocycles. The molecule has 3 aromatic rings. The van der Waals surface area contributed by atoms with E-state index in [9.17, 15) is 0 Å². The van der Waals surface area contributed by atoms with Crippen molar-refractivity contribution in [2.75, 3.05) is 5.73 Å². The van der Waals surface area contributed by atoms with Gasteiger partial charge in [-0.05, 0) is 24.3 Å². The summed E-state index contributed by atoms with van der Waals surface area (Å²) in [5, 5.41) is 0.635. The molecule has 90 valence electrons. The van der Waals surface area contributed by atoms with Gasteiger partial charge in [-0.1, -0.05) is 11.6 Å². The lowest BCUT2D eigenvalue weighted by Gasteiger charge is -2.05. The first-order chi connectivity index (χ1) is 8.66. The molecule has 0 bridgehead atoms. The molecule has 0 atom stereocenters. The number of imidazole rings is 1. The van der Waals surface area contributed by atoms with Gasteiger partial charge in [0.25, 0.3) is 0 Å². The standard InChI is InChI=1S/C13H11ClN4/c1-18-12-4-5-16-7-11(12)17-13(18)9-6-8(15)2-3-10(9)14/h2-7H,15H2,1H3. The van der Waals surface area contributed by atoms with E-state index in [-0.39, 0.29) is 0 Å². The number of nitrogen functional groups attached to an aromatic ring is 1. The van der Waals surface area contributed by atoms with Crippen molar-refractivity contribution in [2.24, 2.45) is 7.05 Å². The van der Waals surface area contributed by atoms with Gasteiger partial charge in [-0.15, -0.1) is 0 Å². The number of fused-ring (bicyclic) bond motifs is 1.